The number of hydrogen-bond donors (Lipinski definition) is 2. The van der Waals surface area contributed by atoms with Crippen LogP contribution < -0.4 is 5.32 Å². The largest absolute Gasteiger partial charge is 0.478 e. The van der Waals surface area contributed by atoms with Gasteiger partial charge >= 0.3 is 5.97 Å². The van der Waals surface area contributed by atoms with Crippen LogP contribution in [0.3, 0.4) is 0 Å². The van der Waals surface area contributed by atoms with Crippen LogP contribution in [0.2, 0.25) is 0 Å². The second kappa shape index (κ2) is 4.69. The minimum absolute atomic E-state index is 0.159. The van der Waals surface area contributed by atoms with E-state index >= 15 is 0 Å². The van der Waals surface area contributed by atoms with Crippen molar-refractivity contribution in [2.75, 3.05) is 5.32 Å². The molecule has 5 heteroatoms. The number of rotatable bonds is 4. The Hall–Kier alpha value is -1.65. The maximum Gasteiger partial charge on any atom is 0.339 e. The van der Waals surface area contributed by atoms with Crippen molar-refractivity contribution < 1.29 is 9.90 Å². The highest BCUT2D eigenvalue weighted by molar-refractivity contribution is 5.88. The first kappa shape index (κ1) is 11.8. The first-order valence-corrected chi connectivity index (χ1v) is 5.91. The van der Waals surface area contributed by atoms with Gasteiger partial charge < -0.3 is 10.4 Å². The van der Waals surface area contributed by atoms with E-state index in [1.807, 2.05) is 0 Å². The molecule has 0 radical (unpaired) electrons. The van der Waals surface area contributed by atoms with Gasteiger partial charge in [0.25, 0.3) is 0 Å². The normalized spacial score (nSPS) is 17.3. The lowest BCUT2D eigenvalue weighted by atomic mass is 9.80. The number of carboxylic acids is 1. The van der Waals surface area contributed by atoms with E-state index in [1.165, 1.54) is 25.5 Å². The van der Waals surface area contributed by atoms with Crippen molar-refractivity contribution in [3.05, 3.63) is 17.5 Å². The van der Waals surface area contributed by atoms with Gasteiger partial charge in [0.1, 0.15) is 0 Å². The number of nitrogens with zero attached hydrogens (tertiary/aromatic N) is 2. The molecule has 0 aromatic carbocycles. The summed E-state index contributed by atoms with van der Waals surface area (Å²) in [6.07, 6.45) is 5.16. The fourth-order valence-corrected chi connectivity index (χ4v) is 2.01. The summed E-state index contributed by atoms with van der Waals surface area (Å²) < 4.78 is 0. The predicted octanol–water partition coefficient (Wildman–Crippen LogP) is 2.08. The molecule has 92 valence electrons. The lowest BCUT2D eigenvalue weighted by Crippen LogP contribution is -2.31. The molecule has 0 saturated heterocycles. The molecule has 0 bridgehead atoms. The maximum atomic E-state index is 10.8. The molecule has 1 fully saturated rings. The topological polar surface area (TPSA) is 75.1 Å². The zero-order chi connectivity index (χ0) is 12.4. The van der Waals surface area contributed by atoms with Crippen LogP contribution in [-0.4, -0.2) is 27.1 Å². The van der Waals surface area contributed by atoms with E-state index in [2.05, 4.69) is 22.2 Å². The van der Waals surface area contributed by atoms with Crippen molar-refractivity contribution in [2.24, 2.45) is 5.92 Å². The Morgan fingerprint density at radius 1 is 1.59 bits per heavy atom. The fourth-order valence-electron chi connectivity index (χ4n) is 2.01. The molecule has 0 spiro atoms. The van der Waals surface area contributed by atoms with Crippen LogP contribution in [-0.2, 0) is 0 Å². The summed E-state index contributed by atoms with van der Waals surface area (Å²) in [5.74, 6) is 0.228. The van der Waals surface area contributed by atoms with Crippen LogP contribution in [0.25, 0.3) is 0 Å². The summed E-state index contributed by atoms with van der Waals surface area (Å²) in [5, 5.41) is 12.1. The third-order valence-electron chi connectivity index (χ3n) is 3.42. The average Bonchev–Trinajstić information content (AvgIpc) is 2.13. The predicted molar refractivity (Wildman–Crippen MR) is 64.2 cm³/mol. The molecule has 1 aromatic rings. The quantitative estimate of drug-likeness (QED) is 0.835. The van der Waals surface area contributed by atoms with Gasteiger partial charge in [-0.2, -0.15) is 0 Å². The molecule has 1 aliphatic rings. The number of aromatic nitrogens is 2. The molecule has 1 saturated carbocycles. The third kappa shape index (κ3) is 2.54. The molecule has 0 amide bonds. The monoisotopic (exact) mass is 235 g/mol. The molecular weight excluding hydrogens is 218 g/mol. The van der Waals surface area contributed by atoms with Gasteiger partial charge in [0.2, 0.25) is 5.95 Å². The molecule has 17 heavy (non-hydrogen) atoms. The first-order valence-electron chi connectivity index (χ1n) is 5.91. The lowest BCUT2D eigenvalue weighted by Gasteiger charge is -2.31. The van der Waals surface area contributed by atoms with E-state index in [4.69, 9.17) is 5.11 Å². The van der Waals surface area contributed by atoms with Gasteiger partial charge in [-0.25, -0.2) is 14.8 Å². The van der Waals surface area contributed by atoms with Gasteiger partial charge in [0.15, 0.2) is 0 Å². The Bertz CT molecular complexity index is 430. The number of nitrogens with one attached hydrogen (secondary N) is 1. The summed E-state index contributed by atoms with van der Waals surface area (Å²) in [7, 11) is 0. The first-order chi connectivity index (χ1) is 8.08. The highest BCUT2D eigenvalue weighted by Crippen LogP contribution is 2.30. The Morgan fingerprint density at radius 3 is 2.76 bits per heavy atom. The van der Waals surface area contributed by atoms with Gasteiger partial charge in [-0.3, -0.25) is 0 Å². The smallest absolute Gasteiger partial charge is 0.339 e. The van der Waals surface area contributed by atoms with E-state index in [1.54, 1.807) is 6.92 Å². The van der Waals surface area contributed by atoms with Gasteiger partial charge in [-0.15, -0.1) is 0 Å². The summed E-state index contributed by atoms with van der Waals surface area (Å²) in [6, 6.07) is 0.346. The van der Waals surface area contributed by atoms with Crippen molar-refractivity contribution in [3.63, 3.8) is 0 Å². The second-order valence-corrected chi connectivity index (χ2v) is 4.62. The van der Waals surface area contributed by atoms with Crippen LogP contribution in [0.1, 0.15) is 42.2 Å². The lowest BCUT2D eigenvalue weighted by molar-refractivity contribution is 0.0695. The van der Waals surface area contributed by atoms with Crippen molar-refractivity contribution in [3.8, 4) is 0 Å². The maximum absolute atomic E-state index is 10.8. The third-order valence-corrected chi connectivity index (χ3v) is 3.42. The highest BCUT2D eigenvalue weighted by Gasteiger charge is 2.24. The van der Waals surface area contributed by atoms with Gasteiger partial charge in [0, 0.05) is 12.2 Å². The van der Waals surface area contributed by atoms with Crippen LogP contribution in [0.5, 0.6) is 0 Å². The Morgan fingerprint density at radius 2 is 2.29 bits per heavy atom. The van der Waals surface area contributed by atoms with Crippen LogP contribution in [0, 0.1) is 12.8 Å². The number of anilines is 1. The molecule has 1 atom stereocenters. The Balaban J connectivity index is 2.06. The zero-order valence-corrected chi connectivity index (χ0v) is 10.1. The summed E-state index contributed by atoms with van der Waals surface area (Å²) in [6.45, 7) is 3.80. The molecular formula is C12H17N3O2. The van der Waals surface area contributed by atoms with Gasteiger partial charge in [-0.05, 0) is 32.6 Å². The Kier molecular flexibility index (Phi) is 3.26. The van der Waals surface area contributed by atoms with E-state index < -0.39 is 5.97 Å². The Labute approximate surface area is 100 Å². The zero-order valence-electron chi connectivity index (χ0n) is 10.1. The number of aromatic carboxylic acids is 1. The number of aryl methyl sites for hydroxylation is 1. The summed E-state index contributed by atoms with van der Waals surface area (Å²) >= 11 is 0. The summed E-state index contributed by atoms with van der Waals surface area (Å²) in [5.41, 5.74) is 0.655. The molecule has 0 aliphatic heterocycles. The molecule has 1 aliphatic carbocycles. The van der Waals surface area contributed by atoms with Gasteiger partial charge in [-0.1, -0.05) is 6.42 Å². The standard InChI is InChI=1S/C12H17N3O2/c1-7(9-4-3-5-9)14-12-13-6-10(11(16)17)8(2)15-12/h6-7,9H,3-5H2,1-2H3,(H,16,17)(H,13,14,15). The van der Waals surface area contributed by atoms with Crippen molar-refractivity contribution in [1.82, 2.24) is 9.97 Å². The molecule has 2 N–H and O–H groups in total. The van der Waals surface area contributed by atoms with Crippen LogP contribution >= 0.6 is 0 Å². The molecule has 1 unspecified atom stereocenters. The van der Waals surface area contributed by atoms with E-state index in [-0.39, 0.29) is 5.56 Å². The van der Waals surface area contributed by atoms with E-state index in [0.717, 1.165) is 0 Å². The molecule has 1 aromatic heterocycles. The van der Waals surface area contributed by atoms with E-state index in [0.29, 0.717) is 23.6 Å². The van der Waals surface area contributed by atoms with Crippen LogP contribution in [0.15, 0.2) is 6.20 Å². The molecule has 2 rings (SSSR count). The molecule has 1 heterocycles. The van der Waals surface area contributed by atoms with Crippen LogP contribution in [0.4, 0.5) is 5.95 Å². The minimum Gasteiger partial charge on any atom is -0.478 e. The number of carboxylic acid groups (broad SMARTS) is 1. The molecule has 5 nitrogen and oxygen atoms in total. The fraction of sp³-hybridized carbons (Fsp3) is 0.583. The van der Waals surface area contributed by atoms with Crippen molar-refractivity contribution >= 4 is 11.9 Å². The van der Waals surface area contributed by atoms with E-state index in [9.17, 15) is 4.79 Å². The SMILES string of the molecule is Cc1nc(NC(C)C2CCC2)ncc1C(=O)O. The highest BCUT2D eigenvalue weighted by atomic mass is 16.4. The van der Waals surface area contributed by atoms with Gasteiger partial charge in [0.05, 0.1) is 11.3 Å². The van der Waals surface area contributed by atoms with Crippen molar-refractivity contribution in [1.29, 1.82) is 0 Å². The van der Waals surface area contributed by atoms with Crippen molar-refractivity contribution in [2.45, 2.75) is 39.2 Å². The second-order valence-electron chi connectivity index (χ2n) is 4.62. The number of hydrogen-bond acceptors (Lipinski definition) is 4. The minimum atomic E-state index is -0.985. The summed E-state index contributed by atoms with van der Waals surface area (Å²) in [4.78, 5) is 19.0. The average molecular weight is 235 g/mol. The number of carbonyl (C=O) groups is 1.